The summed E-state index contributed by atoms with van der Waals surface area (Å²) in [5.41, 5.74) is 12.9. The lowest BCUT2D eigenvalue weighted by molar-refractivity contribution is -0.147. The zero-order valence-electron chi connectivity index (χ0n) is 38.1. The normalized spacial score (nSPS) is 13.3. The van der Waals surface area contributed by atoms with E-state index in [9.17, 15) is 63.0 Å². The fraction of sp³-hybridized carbons (Fsp3) is 0.477. The molecule has 1 unspecified atom stereocenters. The molecular formula is C44H62N10O14. The first kappa shape index (κ1) is 56.3. The van der Waals surface area contributed by atoms with E-state index in [0.29, 0.717) is 23.4 Å². The molecule has 0 aromatic heterocycles. The third kappa shape index (κ3) is 21.5. The number of anilines is 2. The Morgan fingerprint density at radius 2 is 1.19 bits per heavy atom. The Balaban J connectivity index is 2.33. The number of primary amides is 2. The molecule has 0 aliphatic rings. The maximum atomic E-state index is 14.0. The van der Waals surface area contributed by atoms with Gasteiger partial charge in [0.1, 0.15) is 30.2 Å². The van der Waals surface area contributed by atoms with Crippen molar-refractivity contribution < 1.29 is 68.1 Å². The number of aliphatic carboxylic acids is 3. The molecule has 2 aromatic carbocycles. The SMILES string of the molecule is CCC(C)[C@H](NC(=O)[C@H](CCC(N)=O)NC(=O)[C@H](CCCC(=O)O)NC(=O)[C@H](CCCCNC(N)=O)NC(=O)Cc1ccc(NC(=O)Nc2ccccc2C)cc1)C(=O)N[C@@H](CC(=O)O)C(=O)O. The number of hydrogen-bond acceptors (Lipinski definition) is 11. The third-order valence-corrected chi connectivity index (χ3v) is 10.5. The van der Waals surface area contributed by atoms with Crippen LogP contribution in [0.2, 0.25) is 0 Å². The van der Waals surface area contributed by atoms with Gasteiger partial charge in [0.15, 0.2) is 0 Å². The second-order valence-electron chi connectivity index (χ2n) is 16.0. The molecule has 2 rings (SSSR count). The van der Waals surface area contributed by atoms with Crippen molar-refractivity contribution in [2.75, 3.05) is 17.2 Å². The van der Waals surface area contributed by atoms with Crippen molar-refractivity contribution in [3.63, 3.8) is 0 Å². The molecular weight excluding hydrogens is 893 g/mol. The number of carboxylic acids is 3. The van der Waals surface area contributed by atoms with Crippen molar-refractivity contribution in [3.05, 3.63) is 59.7 Å². The Morgan fingerprint density at radius 1 is 0.618 bits per heavy atom. The molecule has 0 saturated carbocycles. The molecule has 0 heterocycles. The van der Waals surface area contributed by atoms with Gasteiger partial charge >= 0.3 is 30.0 Å². The molecule has 0 saturated heterocycles. The minimum atomic E-state index is -1.86. The van der Waals surface area contributed by atoms with Gasteiger partial charge in [-0.1, -0.05) is 50.6 Å². The molecule has 6 atom stereocenters. The monoisotopic (exact) mass is 954 g/mol. The summed E-state index contributed by atoms with van der Waals surface area (Å²) in [5.74, 6) is -10.6. The topological polar surface area (TPSA) is 397 Å². The number of carboxylic acid groups (broad SMARTS) is 3. The molecule has 0 radical (unpaired) electrons. The van der Waals surface area contributed by atoms with Gasteiger partial charge in [0.2, 0.25) is 35.4 Å². The van der Waals surface area contributed by atoms with Gasteiger partial charge in [-0.2, -0.15) is 0 Å². The number of rotatable bonds is 30. The van der Waals surface area contributed by atoms with Gasteiger partial charge < -0.3 is 69.3 Å². The summed E-state index contributed by atoms with van der Waals surface area (Å²) in [5, 5.41) is 47.9. The first-order chi connectivity index (χ1) is 32.1. The molecule has 24 nitrogen and oxygen atoms in total. The first-order valence-corrected chi connectivity index (χ1v) is 21.8. The molecule has 0 spiro atoms. The smallest absolute Gasteiger partial charge is 0.326 e. The fourth-order valence-corrected chi connectivity index (χ4v) is 6.51. The lowest BCUT2D eigenvalue weighted by atomic mass is 9.97. The minimum absolute atomic E-state index is 0.0156. The summed E-state index contributed by atoms with van der Waals surface area (Å²) in [4.78, 5) is 138. The first-order valence-electron chi connectivity index (χ1n) is 21.8. The zero-order valence-corrected chi connectivity index (χ0v) is 38.1. The van der Waals surface area contributed by atoms with Crippen molar-refractivity contribution in [1.29, 1.82) is 0 Å². The van der Waals surface area contributed by atoms with Gasteiger partial charge in [0.25, 0.3) is 0 Å². The Kier molecular flexibility index (Phi) is 24.0. The third-order valence-electron chi connectivity index (χ3n) is 10.5. The minimum Gasteiger partial charge on any atom is -0.481 e. The van der Waals surface area contributed by atoms with Crippen molar-refractivity contribution in [1.82, 2.24) is 31.9 Å². The van der Waals surface area contributed by atoms with E-state index >= 15 is 0 Å². The van der Waals surface area contributed by atoms with Crippen LogP contribution in [0, 0.1) is 12.8 Å². The predicted molar refractivity (Wildman–Crippen MR) is 244 cm³/mol. The average Bonchev–Trinajstić information content (AvgIpc) is 3.26. The van der Waals surface area contributed by atoms with Crippen LogP contribution in [0.1, 0.15) is 89.2 Å². The highest BCUT2D eigenvalue weighted by molar-refractivity contribution is 6.00. The number of urea groups is 2. The van der Waals surface area contributed by atoms with E-state index in [1.807, 2.05) is 19.1 Å². The van der Waals surface area contributed by atoms with E-state index in [1.54, 1.807) is 43.3 Å². The van der Waals surface area contributed by atoms with Gasteiger partial charge in [0.05, 0.1) is 12.8 Å². The number of carbonyl (C=O) groups is 11. The molecule has 0 fully saturated rings. The van der Waals surface area contributed by atoms with Crippen molar-refractivity contribution in [2.24, 2.45) is 17.4 Å². The van der Waals surface area contributed by atoms with Crippen LogP contribution in [0.25, 0.3) is 0 Å². The van der Waals surface area contributed by atoms with Crippen LogP contribution in [0.15, 0.2) is 48.5 Å². The quantitative estimate of drug-likeness (QED) is 0.0477. The summed E-state index contributed by atoms with van der Waals surface area (Å²) in [6.07, 6.45) is -2.17. The molecule has 0 aliphatic heterocycles. The number of hydrogen-bond donors (Lipinski definition) is 13. The number of unbranched alkanes of at least 4 members (excludes halogenated alkanes) is 1. The van der Waals surface area contributed by atoms with E-state index in [2.05, 4.69) is 42.5 Å². The molecule has 10 amide bonds. The Bertz CT molecular complexity index is 2120. The van der Waals surface area contributed by atoms with Crippen LogP contribution >= 0.6 is 0 Å². The van der Waals surface area contributed by atoms with Crippen molar-refractivity contribution >= 4 is 76.8 Å². The highest BCUT2D eigenvalue weighted by Gasteiger charge is 2.35. The highest BCUT2D eigenvalue weighted by atomic mass is 16.4. The zero-order chi connectivity index (χ0) is 50.9. The van der Waals surface area contributed by atoms with E-state index in [4.69, 9.17) is 16.6 Å². The van der Waals surface area contributed by atoms with Crippen LogP contribution in [-0.4, -0.2) is 117 Å². The van der Waals surface area contributed by atoms with Crippen LogP contribution < -0.4 is 54.0 Å². The number of para-hydroxylation sites is 1. The molecule has 2 aromatic rings. The summed E-state index contributed by atoms with van der Waals surface area (Å²) >= 11 is 0. The van der Waals surface area contributed by atoms with Gasteiger partial charge in [-0.3, -0.25) is 38.4 Å². The maximum Gasteiger partial charge on any atom is 0.326 e. The van der Waals surface area contributed by atoms with E-state index in [0.717, 1.165) is 5.56 Å². The summed E-state index contributed by atoms with van der Waals surface area (Å²) in [6, 6.07) is 4.49. The number of aryl methyl sites for hydroxylation is 1. The van der Waals surface area contributed by atoms with Crippen molar-refractivity contribution in [2.45, 2.75) is 122 Å². The number of nitrogens with two attached hydrogens (primary N) is 2. The Morgan fingerprint density at radius 3 is 1.75 bits per heavy atom. The van der Waals surface area contributed by atoms with Crippen LogP contribution in [0.4, 0.5) is 21.0 Å². The molecule has 372 valence electrons. The van der Waals surface area contributed by atoms with Crippen molar-refractivity contribution in [3.8, 4) is 0 Å². The number of benzene rings is 2. The van der Waals surface area contributed by atoms with E-state index < -0.39 is 127 Å². The van der Waals surface area contributed by atoms with Crippen LogP contribution in [0.5, 0.6) is 0 Å². The number of nitrogens with one attached hydrogen (secondary N) is 8. The summed E-state index contributed by atoms with van der Waals surface area (Å²) in [6.45, 7) is 5.17. The van der Waals surface area contributed by atoms with Crippen LogP contribution in [-0.2, 0) is 49.6 Å². The summed E-state index contributed by atoms with van der Waals surface area (Å²) in [7, 11) is 0. The molecule has 0 bridgehead atoms. The van der Waals surface area contributed by atoms with Gasteiger partial charge in [-0.15, -0.1) is 0 Å². The molecule has 24 heteroatoms. The second-order valence-corrected chi connectivity index (χ2v) is 16.0. The molecule has 68 heavy (non-hydrogen) atoms. The van der Waals surface area contributed by atoms with E-state index in [1.165, 1.54) is 6.92 Å². The summed E-state index contributed by atoms with van der Waals surface area (Å²) < 4.78 is 0. The number of carbonyl (C=O) groups excluding carboxylic acids is 8. The van der Waals surface area contributed by atoms with Gasteiger partial charge in [-0.25, -0.2) is 14.4 Å². The largest absolute Gasteiger partial charge is 0.481 e. The fourth-order valence-electron chi connectivity index (χ4n) is 6.51. The Hall–Kier alpha value is -7.79. The lowest BCUT2D eigenvalue weighted by Gasteiger charge is -2.28. The lowest BCUT2D eigenvalue weighted by Crippen LogP contribution is -2.60. The predicted octanol–water partition coefficient (Wildman–Crippen LogP) is 0.570. The Labute approximate surface area is 391 Å². The maximum absolute atomic E-state index is 14.0. The molecule has 0 aliphatic carbocycles. The van der Waals surface area contributed by atoms with E-state index in [-0.39, 0.29) is 45.1 Å². The van der Waals surface area contributed by atoms with Gasteiger partial charge in [-0.05, 0) is 80.7 Å². The molecule has 15 N–H and O–H groups in total. The number of amides is 10. The second kappa shape index (κ2) is 29.0. The van der Waals surface area contributed by atoms with Crippen LogP contribution in [0.3, 0.4) is 0 Å². The highest BCUT2D eigenvalue weighted by Crippen LogP contribution is 2.16. The standard InChI is InChI=1S/C44H62N10O14/c1-4-24(2)37(41(64)52-32(42(65)66)23-36(59)60)54-40(63)31(19-20-33(45)55)51-39(62)30(13-9-14-35(57)58)50-38(61)29(12-7-8-21-47-43(46)67)49-34(56)22-26-15-17-27(18-16-26)48-44(68)53-28-11-6-5-10-25(28)3/h5-6,10-11,15-18,24,29-32,37H,4,7-9,12-14,19-23H2,1-3H3,(H2,45,55)(H,49,56)(H,50,61)(H,51,62)(H,52,64)(H,54,63)(H,57,58)(H,59,60)(H,65,66)(H3,46,47,67)(H2,48,53,68)/t24?,29-,30-,31-,32-,37-/m0/s1. The van der Waals surface area contributed by atoms with Gasteiger partial charge in [0, 0.05) is 30.8 Å². The average molecular weight is 955 g/mol.